The summed E-state index contributed by atoms with van der Waals surface area (Å²) in [5.41, 5.74) is 7.07. The minimum Gasteiger partial charge on any atom is -0.359 e. The van der Waals surface area contributed by atoms with Gasteiger partial charge in [0, 0.05) is 31.4 Å². The lowest BCUT2D eigenvalue weighted by molar-refractivity contribution is 0.556. The van der Waals surface area contributed by atoms with Gasteiger partial charge < -0.3 is 10.6 Å². The van der Waals surface area contributed by atoms with E-state index in [1.54, 1.807) is 0 Å². The number of aromatic nitrogens is 1. The SMILES string of the molecule is CCC(C)CN(C)c1ncccc1C(C)N. The molecule has 0 aliphatic carbocycles. The Labute approximate surface area is 98.7 Å². The standard InChI is InChI=1S/C13H23N3/c1-5-10(2)9-16(4)13-12(11(3)14)7-6-8-15-13/h6-8,10-11H,5,9,14H2,1-4H3. The third kappa shape index (κ3) is 3.20. The first-order valence-corrected chi connectivity index (χ1v) is 5.97. The summed E-state index contributed by atoms with van der Waals surface area (Å²) >= 11 is 0. The average molecular weight is 221 g/mol. The first kappa shape index (κ1) is 13.0. The van der Waals surface area contributed by atoms with Gasteiger partial charge in [0.25, 0.3) is 0 Å². The quantitative estimate of drug-likeness (QED) is 0.831. The summed E-state index contributed by atoms with van der Waals surface area (Å²) in [5, 5.41) is 0. The summed E-state index contributed by atoms with van der Waals surface area (Å²) < 4.78 is 0. The van der Waals surface area contributed by atoms with E-state index < -0.39 is 0 Å². The highest BCUT2D eigenvalue weighted by atomic mass is 15.2. The predicted molar refractivity (Wildman–Crippen MR) is 69.6 cm³/mol. The lowest BCUT2D eigenvalue weighted by Crippen LogP contribution is -2.26. The van der Waals surface area contributed by atoms with E-state index in [1.807, 2.05) is 19.2 Å². The molecule has 3 heteroatoms. The van der Waals surface area contributed by atoms with E-state index in [0.717, 1.165) is 17.9 Å². The summed E-state index contributed by atoms with van der Waals surface area (Å²) in [6.45, 7) is 7.49. The lowest BCUT2D eigenvalue weighted by Gasteiger charge is -2.25. The second kappa shape index (κ2) is 5.85. The van der Waals surface area contributed by atoms with Crippen LogP contribution in [0.25, 0.3) is 0 Å². The minimum absolute atomic E-state index is 0.0306. The van der Waals surface area contributed by atoms with Crippen LogP contribution in [-0.2, 0) is 0 Å². The fourth-order valence-electron chi connectivity index (χ4n) is 1.77. The van der Waals surface area contributed by atoms with Crippen LogP contribution >= 0.6 is 0 Å². The van der Waals surface area contributed by atoms with Gasteiger partial charge in [0.05, 0.1) is 0 Å². The van der Waals surface area contributed by atoms with Crippen LogP contribution in [0.2, 0.25) is 0 Å². The normalized spacial score (nSPS) is 14.6. The van der Waals surface area contributed by atoms with Crippen molar-refractivity contribution in [3.05, 3.63) is 23.9 Å². The van der Waals surface area contributed by atoms with Gasteiger partial charge in [-0.2, -0.15) is 0 Å². The van der Waals surface area contributed by atoms with Gasteiger partial charge >= 0.3 is 0 Å². The van der Waals surface area contributed by atoms with Gasteiger partial charge in [0.1, 0.15) is 5.82 Å². The highest BCUT2D eigenvalue weighted by Crippen LogP contribution is 2.22. The summed E-state index contributed by atoms with van der Waals surface area (Å²) in [7, 11) is 2.08. The third-order valence-electron chi connectivity index (χ3n) is 2.95. The van der Waals surface area contributed by atoms with E-state index in [4.69, 9.17) is 5.73 Å². The van der Waals surface area contributed by atoms with Crippen molar-refractivity contribution in [2.45, 2.75) is 33.2 Å². The Morgan fingerprint density at radius 1 is 1.44 bits per heavy atom. The molecule has 1 heterocycles. The van der Waals surface area contributed by atoms with Crippen LogP contribution in [0.1, 0.15) is 38.8 Å². The molecule has 1 aromatic rings. The van der Waals surface area contributed by atoms with Gasteiger partial charge in [-0.25, -0.2) is 4.98 Å². The molecule has 0 spiro atoms. The van der Waals surface area contributed by atoms with Gasteiger partial charge in [0.2, 0.25) is 0 Å². The van der Waals surface area contributed by atoms with E-state index in [9.17, 15) is 0 Å². The van der Waals surface area contributed by atoms with Crippen molar-refractivity contribution in [2.75, 3.05) is 18.5 Å². The molecule has 2 atom stereocenters. The lowest BCUT2D eigenvalue weighted by atomic mass is 10.1. The Hall–Kier alpha value is -1.09. The number of pyridine rings is 1. The molecule has 0 aliphatic heterocycles. The molecule has 3 nitrogen and oxygen atoms in total. The molecule has 90 valence electrons. The number of anilines is 1. The van der Waals surface area contributed by atoms with Crippen LogP contribution in [0, 0.1) is 5.92 Å². The second-order valence-electron chi connectivity index (χ2n) is 4.60. The first-order chi connectivity index (χ1) is 7.56. The molecular formula is C13H23N3. The van der Waals surface area contributed by atoms with E-state index in [0.29, 0.717) is 5.92 Å². The van der Waals surface area contributed by atoms with Crippen molar-refractivity contribution in [2.24, 2.45) is 11.7 Å². The number of hydrogen-bond acceptors (Lipinski definition) is 3. The fraction of sp³-hybridized carbons (Fsp3) is 0.615. The van der Waals surface area contributed by atoms with Gasteiger partial charge in [-0.3, -0.25) is 0 Å². The summed E-state index contributed by atoms with van der Waals surface area (Å²) in [6.07, 6.45) is 3.01. The molecule has 2 N–H and O–H groups in total. The maximum absolute atomic E-state index is 5.95. The van der Waals surface area contributed by atoms with Crippen molar-refractivity contribution < 1.29 is 0 Å². The molecule has 1 aromatic heterocycles. The Bertz CT molecular complexity index is 323. The number of nitrogens with two attached hydrogens (primary N) is 1. The largest absolute Gasteiger partial charge is 0.359 e. The Balaban J connectivity index is 2.85. The second-order valence-corrected chi connectivity index (χ2v) is 4.60. The van der Waals surface area contributed by atoms with Gasteiger partial charge in [-0.05, 0) is 18.9 Å². The first-order valence-electron chi connectivity index (χ1n) is 5.97. The number of nitrogens with zero attached hydrogens (tertiary/aromatic N) is 2. The van der Waals surface area contributed by atoms with Crippen LogP contribution in [-0.4, -0.2) is 18.6 Å². The van der Waals surface area contributed by atoms with E-state index in [-0.39, 0.29) is 6.04 Å². The highest BCUT2D eigenvalue weighted by molar-refractivity contribution is 5.47. The molecule has 0 saturated carbocycles. The molecular weight excluding hydrogens is 198 g/mol. The molecule has 1 rings (SSSR count). The van der Waals surface area contributed by atoms with Crippen molar-refractivity contribution in [1.29, 1.82) is 0 Å². The van der Waals surface area contributed by atoms with E-state index >= 15 is 0 Å². The number of rotatable bonds is 5. The van der Waals surface area contributed by atoms with Crippen molar-refractivity contribution in [1.82, 2.24) is 4.98 Å². The predicted octanol–water partition coefficient (Wildman–Crippen LogP) is 2.58. The van der Waals surface area contributed by atoms with Crippen LogP contribution in [0.5, 0.6) is 0 Å². The molecule has 16 heavy (non-hydrogen) atoms. The molecule has 0 saturated heterocycles. The minimum atomic E-state index is 0.0306. The molecule has 2 unspecified atom stereocenters. The van der Waals surface area contributed by atoms with Gasteiger partial charge in [0.15, 0.2) is 0 Å². The smallest absolute Gasteiger partial charge is 0.133 e. The highest BCUT2D eigenvalue weighted by Gasteiger charge is 2.13. The molecule has 0 aromatic carbocycles. The van der Waals surface area contributed by atoms with Gasteiger partial charge in [-0.1, -0.05) is 26.3 Å². The molecule has 0 radical (unpaired) electrons. The zero-order chi connectivity index (χ0) is 12.1. The number of hydrogen-bond donors (Lipinski definition) is 1. The molecule has 0 fully saturated rings. The van der Waals surface area contributed by atoms with Crippen molar-refractivity contribution >= 4 is 5.82 Å². The Morgan fingerprint density at radius 2 is 2.12 bits per heavy atom. The summed E-state index contributed by atoms with van der Waals surface area (Å²) in [6, 6.07) is 4.03. The van der Waals surface area contributed by atoms with Gasteiger partial charge in [-0.15, -0.1) is 0 Å². The zero-order valence-electron chi connectivity index (χ0n) is 10.8. The maximum Gasteiger partial charge on any atom is 0.133 e. The van der Waals surface area contributed by atoms with Crippen LogP contribution < -0.4 is 10.6 Å². The molecule has 0 bridgehead atoms. The summed E-state index contributed by atoms with van der Waals surface area (Å²) in [4.78, 5) is 6.63. The Kier molecular flexibility index (Phi) is 4.74. The van der Waals surface area contributed by atoms with E-state index in [2.05, 4.69) is 36.8 Å². The third-order valence-corrected chi connectivity index (χ3v) is 2.95. The van der Waals surface area contributed by atoms with Crippen molar-refractivity contribution in [3.63, 3.8) is 0 Å². The maximum atomic E-state index is 5.95. The Morgan fingerprint density at radius 3 is 2.69 bits per heavy atom. The fourth-order valence-corrected chi connectivity index (χ4v) is 1.77. The van der Waals surface area contributed by atoms with Crippen LogP contribution in [0.15, 0.2) is 18.3 Å². The monoisotopic (exact) mass is 221 g/mol. The molecule has 0 amide bonds. The van der Waals surface area contributed by atoms with E-state index in [1.165, 1.54) is 6.42 Å². The average Bonchev–Trinajstić information content (AvgIpc) is 2.28. The molecule has 0 aliphatic rings. The zero-order valence-corrected chi connectivity index (χ0v) is 10.8. The van der Waals surface area contributed by atoms with Crippen molar-refractivity contribution in [3.8, 4) is 0 Å². The van der Waals surface area contributed by atoms with Crippen LogP contribution in [0.4, 0.5) is 5.82 Å². The summed E-state index contributed by atoms with van der Waals surface area (Å²) in [5.74, 6) is 1.69. The topological polar surface area (TPSA) is 42.2 Å². The van der Waals surface area contributed by atoms with Crippen LogP contribution in [0.3, 0.4) is 0 Å².